The first-order valence-electron chi connectivity index (χ1n) is 9.13. The minimum absolute atomic E-state index is 0.0104. The van der Waals surface area contributed by atoms with Crippen LogP contribution in [0.2, 0.25) is 0 Å². The molecule has 0 saturated carbocycles. The Balaban J connectivity index is 1.57. The van der Waals surface area contributed by atoms with E-state index in [0.717, 1.165) is 16.0 Å². The molecule has 0 aliphatic heterocycles. The molecule has 3 rings (SSSR count). The van der Waals surface area contributed by atoms with Gasteiger partial charge in [-0.1, -0.05) is 36.4 Å². The summed E-state index contributed by atoms with van der Waals surface area (Å²) in [4.78, 5) is 30.8. The quantitative estimate of drug-likeness (QED) is 0.578. The molecule has 2 amide bonds. The number of carbonyl (C=O) groups excluding carboxylic acids is 2. The molecule has 2 aromatic carbocycles. The molecule has 0 fully saturated rings. The molecule has 0 bridgehead atoms. The smallest absolute Gasteiger partial charge is 0.252 e. The zero-order chi connectivity index (χ0) is 20.6. The van der Waals surface area contributed by atoms with Crippen LogP contribution in [0.5, 0.6) is 0 Å². The zero-order valence-electron chi connectivity index (χ0n) is 16.4. The maximum Gasteiger partial charge on any atom is 0.252 e. The van der Waals surface area contributed by atoms with Crippen LogP contribution in [-0.2, 0) is 17.9 Å². The van der Waals surface area contributed by atoms with E-state index in [9.17, 15) is 9.59 Å². The van der Waals surface area contributed by atoms with Crippen molar-refractivity contribution in [3.05, 3.63) is 77.9 Å². The van der Waals surface area contributed by atoms with Gasteiger partial charge in [0.1, 0.15) is 12.7 Å². The average Bonchev–Trinajstić information content (AvgIpc) is 3.24. The molecule has 7 nitrogen and oxygen atoms in total. The van der Waals surface area contributed by atoms with Crippen LogP contribution in [0.25, 0.3) is 0 Å². The van der Waals surface area contributed by atoms with Crippen molar-refractivity contribution in [2.75, 3.05) is 19.8 Å². The van der Waals surface area contributed by atoms with E-state index >= 15 is 0 Å². The summed E-state index contributed by atoms with van der Waals surface area (Å²) in [5.41, 5.74) is 2.69. The second-order valence-corrected chi connectivity index (χ2v) is 7.68. The number of nitrogens with one attached hydrogen (secondary N) is 1. The second kappa shape index (κ2) is 9.88. The molecule has 29 heavy (non-hydrogen) atoms. The first kappa shape index (κ1) is 20.6. The molecule has 0 saturated heterocycles. The molecule has 150 valence electrons. The van der Waals surface area contributed by atoms with Crippen LogP contribution in [0.1, 0.15) is 21.5 Å². The number of aromatic nitrogens is 3. The Bertz CT molecular complexity index is 955. The predicted octanol–water partition coefficient (Wildman–Crippen LogP) is 2.44. The van der Waals surface area contributed by atoms with Crippen LogP contribution in [0.4, 0.5) is 0 Å². The number of benzene rings is 2. The molecule has 0 spiro atoms. The predicted molar refractivity (Wildman–Crippen MR) is 113 cm³/mol. The first-order valence-corrected chi connectivity index (χ1v) is 10.1. The van der Waals surface area contributed by atoms with Crippen LogP contribution in [0.3, 0.4) is 0 Å². The Hall–Kier alpha value is -3.13. The summed E-state index contributed by atoms with van der Waals surface area (Å²) in [6.07, 6.45) is 3.19. The van der Waals surface area contributed by atoms with Crippen LogP contribution in [-0.4, -0.2) is 51.3 Å². The Morgan fingerprint density at radius 2 is 1.79 bits per heavy atom. The van der Waals surface area contributed by atoms with Crippen molar-refractivity contribution in [1.82, 2.24) is 25.0 Å². The zero-order valence-corrected chi connectivity index (χ0v) is 17.2. The Labute approximate surface area is 174 Å². The molecule has 3 aromatic rings. The fourth-order valence-corrected chi connectivity index (χ4v) is 3.62. The Morgan fingerprint density at radius 3 is 2.48 bits per heavy atom. The van der Waals surface area contributed by atoms with Crippen molar-refractivity contribution in [3.63, 3.8) is 0 Å². The van der Waals surface area contributed by atoms with E-state index in [1.165, 1.54) is 18.1 Å². The van der Waals surface area contributed by atoms with Crippen LogP contribution < -0.4 is 5.32 Å². The average molecular weight is 410 g/mol. The van der Waals surface area contributed by atoms with Gasteiger partial charge in [-0.2, -0.15) is 5.10 Å². The van der Waals surface area contributed by atoms with Gasteiger partial charge in [0.15, 0.2) is 0 Å². The molecule has 0 atom stereocenters. The standard InChI is InChI=1S/C21H23N5O2S/c1-25(2)20(27)13-29-19-6-4-3-5-18(19)21(28)23-11-16-7-9-17(10-8-16)12-26-15-22-14-24-26/h3-10,14-15H,11-13H2,1-2H3,(H,23,28). The SMILES string of the molecule is CN(C)C(=O)CSc1ccccc1C(=O)NCc1ccc(Cn2cncn2)cc1. The highest BCUT2D eigenvalue weighted by Crippen LogP contribution is 2.23. The molecule has 0 unspecified atom stereocenters. The highest BCUT2D eigenvalue weighted by atomic mass is 32.2. The Kier molecular flexibility index (Phi) is 7.02. The van der Waals surface area contributed by atoms with E-state index in [1.54, 1.807) is 36.1 Å². The number of rotatable bonds is 8. The lowest BCUT2D eigenvalue weighted by atomic mass is 10.1. The van der Waals surface area contributed by atoms with Gasteiger partial charge in [-0.25, -0.2) is 9.67 Å². The summed E-state index contributed by atoms with van der Waals surface area (Å²) in [6, 6.07) is 15.3. The summed E-state index contributed by atoms with van der Waals surface area (Å²) in [5.74, 6) is 0.151. The summed E-state index contributed by atoms with van der Waals surface area (Å²) in [7, 11) is 3.44. The van der Waals surface area contributed by atoms with E-state index in [0.29, 0.717) is 24.4 Å². The molecular formula is C21H23N5O2S. The minimum Gasteiger partial charge on any atom is -0.348 e. The Morgan fingerprint density at radius 1 is 1.07 bits per heavy atom. The van der Waals surface area contributed by atoms with Gasteiger partial charge in [-0.3, -0.25) is 9.59 Å². The van der Waals surface area contributed by atoms with E-state index < -0.39 is 0 Å². The summed E-state index contributed by atoms with van der Waals surface area (Å²) < 4.78 is 1.76. The topological polar surface area (TPSA) is 80.1 Å². The van der Waals surface area contributed by atoms with Crippen molar-refractivity contribution in [3.8, 4) is 0 Å². The van der Waals surface area contributed by atoms with Crippen molar-refractivity contribution in [2.45, 2.75) is 18.0 Å². The molecule has 1 N–H and O–H groups in total. The third kappa shape index (κ3) is 5.92. The van der Waals surface area contributed by atoms with Gasteiger partial charge < -0.3 is 10.2 Å². The minimum atomic E-state index is -0.155. The summed E-state index contributed by atoms with van der Waals surface area (Å²) in [5, 5.41) is 7.05. The number of hydrogen-bond donors (Lipinski definition) is 1. The van der Waals surface area contributed by atoms with Gasteiger partial charge in [0.05, 0.1) is 17.9 Å². The third-order valence-corrected chi connectivity index (χ3v) is 5.33. The number of hydrogen-bond acceptors (Lipinski definition) is 5. The number of nitrogens with zero attached hydrogens (tertiary/aromatic N) is 4. The number of amides is 2. The summed E-state index contributed by atoms with van der Waals surface area (Å²) in [6.45, 7) is 1.08. The van der Waals surface area contributed by atoms with E-state index in [4.69, 9.17) is 0 Å². The fourth-order valence-electron chi connectivity index (χ4n) is 2.59. The van der Waals surface area contributed by atoms with Crippen molar-refractivity contribution in [2.24, 2.45) is 0 Å². The maximum absolute atomic E-state index is 12.7. The van der Waals surface area contributed by atoms with Crippen LogP contribution >= 0.6 is 11.8 Å². The lowest BCUT2D eigenvalue weighted by Crippen LogP contribution is -2.25. The molecule has 0 aliphatic rings. The highest BCUT2D eigenvalue weighted by Gasteiger charge is 2.13. The number of carbonyl (C=O) groups is 2. The molecule has 1 heterocycles. The lowest BCUT2D eigenvalue weighted by Gasteiger charge is -2.12. The van der Waals surface area contributed by atoms with Crippen LogP contribution in [0, 0.1) is 0 Å². The monoisotopic (exact) mass is 409 g/mol. The van der Waals surface area contributed by atoms with Crippen molar-refractivity contribution in [1.29, 1.82) is 0 Å². The molecule has 8 heteroatoms. The largest absolute Gasteiger partial charge is 0.348 e. The summed E-state index contributed by atoms with van der Waals surface area (Å²) >= 11 is 1.37. The van der Waals surface area contributed by atoms with Gasteiger partial charge in [0.2, 0.25) is 5.91 Å². The van der Waals surface area contributed by atoms with E-state index in [2.05, 4.69) is 15.4 Å². The van der Waals surface area contributed by atoms with Gasteiger partial charge in [-0.15, -0.1) is 11.8 Å². The van der Waals surface area contributed by atoms with E-state index in [-0.39, 0.29) is 11.8 Å². The maximum atomic E-state index is 12.7. The molecule has 0 radical (unpaired) electrons. The van der Waals surface area contributed by atoms with Gasteiger partial charge in [0, 0.05) is 25.5 Å². The highest BCUT2D eigenvalue weighted by molar-refractivity contribution is 8.00. The normalized spacial score (nSPS) is 10.6. The van der Waals surface area contributed by atoms with Gasteiger partial charge in [-0.05, 0) is 23.3 Å². The second-order valence-electron chi connectivity index (χ2n) is 6.67. The number of thioether (sulfide) groups is 1. The molecule has 0 aliphatic carbocycles. The molecular weight excluding hydrogens is 386 g/mol. The lowest BCUT2D eigenvalue weighted by molar-refractivity contribution is -0.125. The first-order chi connectivity index (χ1) is 14.0. The van der Waals surface area contributed by atoms with Gasteiger partial charge in [0.25, 0.3) is 5.91 Å². The van der Waals surface area contributed by atoms with Crippen molar-refractivity contribution < 1.29 is 9.59 Å². The van der Waals surface area contributed by atoms with Crippen molar-refractivity contribution >= 4 is 23.6 Å². The van der Waals surface area contributed by atoms with E-state index in [1.807, 2.05) is 42.5 Å². The third-order valence-electron chi connectivity index (χ3n) is 4.27. The van der Waals surface area contributed by atoms with Gasteiger partial charge >= 0.3 is 0 Å². The van der Waals surface area contributed by atoms with Crippen LogP contribution in [0.15, 0.2) is 66.1 Å². The fraction of sp³-hybridized carbons (Fsp3) is 0.238. The molecule has 1 aromatic heterocycles.